The van der Waals surface area contributed by atoms with Crippen LogP contribution in [-0.4, -0.2) is 14.1 Å². The van der Waals surface area contributed by atoms with Gasteiger partial charge in [0.15, 0.2) is 0 Å². The van der Waals surface area contributed by atoms with Crippen molar-refractivity contribution in [3.8, 4) is 12.1 Å². The standard InChI is InChI=1S/C28H19N5S/c1-31-28(32-2)27(26(22(18-29)19-30)21-8-6-5-7-9-21)25-17-16-24(34-25)15-12-20-10-13-23(14-11-20)33(3)4/h5-17H,3-4H3/b15-12+. The maximum atomic E-state index is 9.63. The van der Waals surface area contributed by atoms with Crippen molar-refractivity contribution in [3.05, 3.63) is 122 Å². The smallest absolute Gasteiger partial charge is 0.378 e. The number of nitrogens with zero attached hydrogens (tertiary/aromatic N) is 5. The highest BCUT2D eigenvalue weighted by molar-refractivity contribution is 7.14. The van der Waals surface area contributed by atoms with Gasteiger partial charge in [-0.05, 0) is 41.5 Å². The van der Waals surface area contributed by atoms with Gasteiger partial charge in [0.2, 0.25) is 0 Å². The van der Waals surface area contributed by atoms with E-state index >= 15 is 0 Å². The van der Waals surface area contributed by atoms with Crippen LogP contribution in [-0.2, 0) is 0 Å². The lowest BCUT2D eigenvalue weighted by molar-refractivity contribution is 1.13. The first-order valence-corrected chi connectivity index (χ1v) is 11.0. The fourth-order valence-corrected chi connectivity index (χ4v) is 4.23. The summed E-state index contributed by atoms with van der Waals surface area (Å²) in [5.74, 6) is -0.182. The van der Waals surface area contributed by atoms with E-state index in [1.54, 1.807) is 24.3 Å². The van der Waals surface area contributed by atoms with Crippen LogP contribution in [0.25, 0.3) is 33.0 Å². The Morgan fingerprint density at radius 3 is 2.06 bits per heavy atom. The van der Waals surface area contributed by atoms with E-state index in [1.807, 2.05) is 85.8 Å². The van der Waals surface area contributed by atoms with Gasteiger partial charge < -0.3 is 4.90 Å². The van der Waals surface area contributed by atoms with Gasteiger partial charge >= 0.3 is 5.82 Å². The Balaban J connectivity index is 2.09. The van der Waals surface area contributed by atoms with Gasteiger partial charge in [-0.3, -0.25) is 0 Å². The molecule has 1 heterocycles. The van der Waals surface area contributed by atoms with Crippen molar-refractivity contribution in [2.24, 2.45) is 0 Å². The van der Waals surface area contributed by atoms with Crippen LogP contribution in [0.1, 0.15) is 20.9 Å². The molecule has 0 atom stereocenters. The van der Waals surface area contributed by atoms with Gasteiger partial charge in [0.25, 0.3) is 0 Å². The molecule has 0 amide bonds. The van der Waals surface area contributed by atoms with E-state index in [9.17, 15) is 10.5 Å². The summed E-state index contributed by atoms with van der Waals surface area (Å²) in [6.07, 6.45) is 3.96. The molecule has 34 heavy (non-hydrogen) atoms. The van der Waals surface area contributed by atoms with E-state index in [-0.39, 0.29) is 11.4 Å². The molecule has 0 N–H and O–H groups in total. The quantitative estimate of drug-likeness (QED) is 0.228. The monoisotopic (exact) mass is 457 g/mol. The minimum absolute atomic E-state index is 0.141. The highest BCUT2D eigenvalue weighted by Gasteiger charge is 2.26. The Morgan fingerprint density at radius 2 is 1.50 bits per heavy atom. The van der Waals surface area contributed by atoms with Crippen molar-refractivity contribution in [3.63, 3.8) is 0 Å². The molecule has 1 aromatic heterocycles. The molecule has 0 bridgehead atoms. The van der Waals surface area contributed by atoms with E-state index < -0.39 is 0 Å². The Morgan fingerprint density at radius 1 is 0.853 bits per heavy atom. The first kappa shape index (κ1) is 23.8. The lowest BCUT2D eigenvalue weighted by Crippen LogP contribution is -2.07. The Labute approximate surface area is 203 Å². The second-order valence-electron chi connectivity index (χ2n) is 7.28. The molecule has 0 aliphatic carbocycles. The molecule has 162 valence electrons. The van der Waals surface area contributed by atoms with Crippen LogP contribution in [0.3, 0.4) is 0 Å². The molecule has 0 saturated carbocycles. The molecule has 0 spiro atoms. The van der Waals surface area contributed by atoms with E-state index in [0.717, 1.165) is 16.1 Å². The second kappa shape index (κ2) is 11.1. The van der Waals surface area contributed by atoms with E-state index in [0.29, 0.717) is 21.6 Å². The summed E-state index contributed by atoms with van der Waals surface area (Å²) in [4.78, 5) is 10.4. The van der Waals surface area contributed by atoms with Gasteiger partial charge in [0, 0.05) is 35.1 Å². The van der Waals surface area contributed by atoms with Crippen molar-refractivity contribution in [2.75, 3.05) is 19.0 Å². The second-order valence-corrected chi connectivity index (χ2v) is 8.40. The lowest BCUT2D eigenvalue weighted by atomic mass is 9.92. The van der Waals surface area contributed by atoms with Crippen LogP contribution in [0.4, 0.5) is 5.69 Å². The number of nitriles is 2. The molecule has 2 aromatic carbocycles. The van der Waals surface area contributed by atoms with Crippen molar-refractivity contribution in [2.45, 2.75) is 0 Å². The molecule has 6 heteroatoms. The fraction of sp³-hybridized carbons (Fsp3) is 0.0714. The third kappa shape index (κ3) is 5.29. The van der Waals surface area contributed by atoms with Gasteiger partial charge in [-0.15, -0.1) is 11.3 Å². The fourth-order valence-electron chi connectivity index (χ4n) is 3.28. The number of rotatable bonds is 6. The summed E-state index contributed by atoms with van der Waals surface area (Å²) in [6.45, 7) is 15.1. The van der Waals surface area contributed by atoms with Crippen molar-refractivity contribution in [1.29, 1.82) is 10.5 Å². The van der Waals surface area contributed by atoms with Crippen molar-refractivity contribution in [1.82, 2.24) is 0 Å². The van der Waals surface area contributed by atoms with Gasteiger partial charge in [-0.25, -0.2) is 0 Å². The number of anilines is 1. The average molecular weight is 458 g/mol. The summed E-state index contributed by atoms with van der Waals surface area (Å²) in [7, 11) is 3.98. The van der Waals surface area contributed by atoms with Crippen LogP contribution in [0.5, 0.6) is 0 Å². The minimum Gasteiger partial charge on any atom is -0.378 e. The molecule has 0 aliphatic rings. The van der Waals surface area contributed by atoms with Gasteiger partial charge in [-0.2, -0.15) is 20.2 Å². The van der Waals surface area contributed by atoms with E-state index in [1.165, 1.54) is 11.3 Å². The van der Waals surface area contributed by atoms with Gasteiger partial charge in [0.05, 0.1) is 5.57 Å². The van der Waals surface area contributed by atoms with Crippen LogP contribution in [0.15, 0.2) is 78.1 Å². The first-order chi connectivity index (χ1) is 16.5. The maximum absolute atomic E-state index is 9.63. The molecule has 5 nitrogen and oxygen atoms in total. The van der Waals surface area contributed by atoms with Gasteiger partial charge in [0.1, 0.15) is 30.9 Å². The molecule has 0 unspecified atom stereocenters. The van der Waals surface area contributed by atoms with Crippen molar-refractivity contribution < 1.29 is 0 Å². The summed E-state index contributed by atoms with van der Waals surface area (Å²) < 4.78 is 0. The number of allylic oxidation sites excluding steroid dienone is 3. The van der Waals surface area contributed by atoms with Crippen LogP contribution in [0.2, 0.25) is 0 Å². The van der Waals surface area contributed by atoms with Crippen LogP contribution in [0, 0.1) is 35.8 Å². The zero-order valence-corrected chi connectivity index (χ0v) is 19.5. The maximum Gasteiger partial charge on any atom is 0.528 e. The number of hydrogen-bond acceptors (Lipinski definition) is 4. The third-order valence-electron chi connectivity index (χ3n) is 4.94. The Kier molecular flexibility index (Phi) is 7.78. The summed E-state index contributed by atoms with van der Waals surface area (Å²) in [5, 5.41) is 19.3. The SMILES string of the molecule is [C-]#[N+]C([N+]#[C-])=C(C(=C(C#N)C#N)c1ccccc1)c1ccc(/C=C/c2ccc(N(C)C)cc2)s1. The Hall–Kier alpha value is -4.88. The molecular formula is C28H19N5S. The van der Waals surface area contributed by atoms with Crippen LogP contribution < -0.4 is 4.90 Å². The topological polar surface area (TPSA) is 59.5 Å². The highest BCUT2D eigenvalue weighted by atomic mass is 32.1. The lowest BCUT2D eigenvalue weighted by Gasteiger charge is -2.11. The number of hydrogen-bond donors (Lipinski definition) is 0. The van der Waals surface area contributed by atoms with Crippen molar-refractivity contribution >= 4 is 40.3 Å². The molecule has 3 rings (SSSR count). The van der Waals surface area contributed by atoms with Crippen LogP contribution >= 0.6 is 11.3 Å². The molecule has 0 fully saturated rings. The Bertz CT molecular complexity index is 1410. The molecule has 0 aliphatic heterocycles. The molecule has 0 saturated heterocycles. The zero-order chi connectivity index (χ0) is 24.5. The van der Waals surface area contributed by atoms with E-state index in [4.69, 9.17) is 13.1 Å². The largest absolute Gasteiger partial charge is 0.528 e. The summed E-state index contributed by atoms with van der Waals surface area (Å²) in [5.41, 5.74) is 3.21. The number of thiophene rings is 1. The summed E-state index contributed by atoms with van der Waals surface area (Å²) in [6, 6.07) is 24.7. The summed E-state index contributed by atoms with van der Waals surface area (Å²) >= 11 is 1.40. The molecular weight excluding hydrogens is 438 g/mol. The molecule has 3 aromatic rings. The minimum atomic E-state index is -0.182. The van der Waals surface area contributed by atoms with Gasteiger partial charge in [-0.1, -0.05) is 48.5 Å². The number of benzene rings is 2. The predicted molar refractivity (Wildman–Crippen MR) is 139 cm³/mol. The predicted octanol–water partition coefficient (Wildman–Crippen LogP) is 6.99. The molecule has 0 radical (unpaired) electrons. The zero-order valence-electron chi connectivity index (χ0n) is 18.6. The third-order valence-corrected chi connectivity index (χ3v) is 6.01. The highest BCUT2D eigenvalue weighted by Crippen LogP contribution is 2.40. The first-order valence-electron chi connectivity index (χ1n) is 10.2. The normalized spacial score (nSPS) is 9.82. The average Bonchev–Trinajstić information content (AvgIpc) is 3.34. The van der Waals surface area contributed by atoms with E-state index in [2.05, 4.69) is 9.69 Å².